The fourth-order valence-electron chi connectivity index (χ4n) is 2.37. The summed E-state index contributed by atoms with van der Waals surface area (Å²) in [5.74, 6) is -2.56. The molecule has 1 amide bonds. The van der Waals surface area contributed by atoms with Crippen LogP contribution in [0.1, 0.15) is 26.3 Å². The van der Waals surface area contributed by atoms with Crippen molar-refractivity contribution in [1.29, 1.82) is 0 Å². The normalized spacial score (nSPS) is 16.3. The molecule has 3 atom stereocenters. The van der Waals surface area contributed by atoms with Crippen molar-refractivity contribution >= 4 is 11.7 Å². The minimum Gasteiger partial charge on any atom is -0.388 e. The summed E-state index contributed by atoms with van der Waals surface area (Å²) in [4.78, 5) is 24.3. The van der Waals surface area contributed by atoms with Crippen molar-refractivity contribution in [3.05, 3.63) is 35.9 Å². The van der Waals surface area contributed by atoms with E-state index < -0.39 is 40.8 Å². The lowest BCUT2D eigenvalue weighted by Gasteiger charge is -2.36. The maximum atomic E-state index is 12.9. The van der Waals surface area contributed by atoms with Gasteiger partial charge in [-0.1, -0.05) is 51.1 Å². The smallest absolute Gasteiger partial charge is 0.254 e. The number of ketones is 1. The summed E-state index contributed by atoms with van der Waals surface area (Å²) in [5, 5.41) is 10.5. The van der Waals surface area contributed by atoms with Gasteiger partial charge < -0.3 is 28.0 Å². The Balaban J connectivity index is 3.21. The Kier molecular flexibility index (Phi) is 6.24. The van der Waals surface area contributed by atoms with Gasteiger partial charge in [-0.25, -0.2) is 0 Å². The third-order valence-corrected chi connectivity index (χ3v) is 4.20. The number of nitrogens with two attached hydrogens (primary N) is 4. The molecule has 0 saturated carbocycles. The number of amides is 1. The zero-order chi connectivity index (χ0) is 18.7. The van der Waals surface area contributed by atoms with E-state index in [-0.39, 0.29) is 6.42 Å². The van der Waals surface area contributed by atoms with Gasteiger partial charge in [-0.2, -0.15) is 0 Å². The molecular weight excluding hydrogens is 308 g/mol. The van der Waals surface area contributed by atoms with Crippen LogP contribution in [-0.4, -0.2) is 34.6 Å². The van der Waals surface area contributed by atoms with Gasteiger partial charge >= 0.3 is 0 Å². The Hall–Kier alpha value is -1.80. The second-order valence-electron chi connectivity index (χ2n) is 7.28. The van der Waals surface area contributed by atoms with Gasteiger partial charge in [-0.15, -0.1) is 0 Å². The highest BCUT2D eigenvalue weighted by molar-refractivity contribution is 5.90. The topological polar surface area (TPSA) is 158 Å². The Bertz CT molecular complexity index is 581. The summed E-state index contributed by atoms with van der Waals surface area (Å²) in [6, 6.07) is 8.18. The van der Waals surface area contributed by atoms with E-state index in [9.17, 15) is 14.7 Å². The third-order valence-electron chi connectivity index (χ3n) is 4.20. The number of hydrogen-bond acceptors (Lipinski definition) is 6. The molecule has 2 unspecified atom stereocenters. The predicted molar refractivity (Wildman–Crippen MR) is 92.4 cm³/mol. The van der Waals surface area contributed by atoms with E-state index in [0.717, 1.165) is 5.56 Å². The number of primary amides is 1. The molecule has 7 nitrogen and oxygen atoms in total. The first-order chi connectivity index (χ1) is 10.9. The van der Waals surface area contributed by atoms with Crippen molar-refractivity contribution in [2.24, 2.45) is 34.3 Å². The maximum absolute atomic E-state index is 12.9. The van der Waals surface area contributed by atoms with E-state index in [0.29, 0.717) is 0 Å². The Morgan fingerprint density at radius 1 is 1.12 bits per heavy atom. The molecule has 0 aromatic heterocycles. The van der Waals surface area contributed by atoms with Gasteiger partial charge in [0.15, 0.2) is 11.4 Å². The Morgan fingerprint density at radius 3 is 2.04 bits per heavy atom. The molecule has 0 fully saturated rings. The molecule has 24 heavy (non-hydrogen) atoms. The molecule has 134 valence electrons. The standard InChI is InChI=1S/C17H28N4O3/c1-16(2,3)13(18)12(22)11(9-10-7-5-4-6-8-10)14(23)17(20,21)15(19)24/h4-8,11,13-14,23H,9,18,20-21H2,1-3H3,(H2,19,24)/t11?,13-,14?/m1/s1. The fraction of sp³-hybridized carbons (Fsp3) is 0.529. The fourth-order valence-corrected chi connectivity index (χ4v) is 2.37. The van der Waals surface area contributed by atoms with E-state index in [1.807, 2.05) is 26.8 Å². The van der Waals surface area contributed by atoms with Crippen LogP contribution in [-0.2, 0) is 16.0 Å². The largest absolute Gasteiger partial charge is 0.388 e. The van der Waals surface area contributed by atoms with Crippen molar-refractivity contribution < 1.29 is 14.7 Å². The number of aliphatic hydroxyl groups is 1. The average Bonchev–Trinajstić information content (AvgIpc) is 2.50. The number of benzene rings is 1. The van der Waals surface area contributed by atoms with Gasteiger partial charge in [0.1, 0.15) is 6.10 Å². The Labute approximate surface area is 142 Å². The van der Waals surface area contributed by atoms with E-state index in [1.54, 1.807) is 24.3 Å². The van der Waals surface area contributed by atoms with Crippen LogP contribution in [0.5, 0.6) is 0 Å². The quantitative estimate of drug-likeness (QED) is 0.412. The third kappa shape index (κ3) is 4.61. The highest BCUT2D eigenvalue weighted by Gasteiger charge is 2.45. The molecule has 0 aliphatic carbocycles. The number of aliphatic hydroxyl groups excluding tert-OH is 1. The van der Waals surface area contributed by atoms with E-state index in [2.05, 4.69) is 0 Å². The van der Waals surface area contributed by atoms with Gasteiger partial charge in [0.05, 0.1) is 12.0 Å². The lowest BCUT2D eigenvalue weighted by atomic mass is 9.75. The molecule has 9 N–H and O–H groups in total. The monoisotopic (exact) mass is 336 g/mol. The van der Waals surface area contributed by atoms with Crippen LogP contribution in [0.4, 0.5) is 0 Å². The van der Waals surface area contributed by atoms with Crippen LogP contribution in [0.25, 0.3) is 0 Å². The lowest BCUT2D eigenvalue weighted by Crippen LogP contribution is -2.70. The van der Waals surface area contributed by atoms with Crippen molar-refractivity contribution in [1.82, 2.24) is 0 Å². The minimum absolute atomic E-state index is 0.147. The van der Waals surface area contributed by atoms with Gasteiger partial charge in [0.2, 0.25) is 0 Å². The number of hydrogen-bond donors (Lipinski definition) is 5. The van der Waals surface area contributed by atoms with E-state index in [4.69, 9.17) is 22.9 Å². The number of rotatable bonds is 7. The Morgan fingerprint density at radius 2 is 1.62 bits per heavy atom. The number of carbonyl (C=O) groups is 2. The first kappa shape index (κ1) is 20.2. The number of carbonyl (C=O) groups excluding carboxylic acids is 2. The van der Waals surface area contributed by atoms with Crippen LogP contribution in [0.3, 0.4) is 0 Å². The molecule has 0 bridgehead atoms. The highest BCUT2D eigenvalue weighted by atomic mass is 16.3. The second kappa shape index (κ2) is 7.40. The van der Waals surface area contributed by atoms with E-state index in [1.165, 1.54) is 0 Å². The summed E-state index contributed by atoms with van der Waals surface area (Å²) in [5.41, 5.74) is 20.6. The molecule has 1 rings (SSSR count). The molecule has 0 spiro atoms. The summed E-state index contributed by atoms with van der Waals surface area (Å²) in [6.07, 6.45) is -1.51. The van der Waals surface area contributed by atoms with Crippen LogP contribution in [0, 0.1) is 11.3 Å². The maximum Gasteiger partial charge on any atom is 0.254 e. The minimum atomic E-state index is -2.23. The highest BCUT2D eigenvalue weighted by Crippen LogP contribution is 2.26. The van der Waals surface area contributed by atoms with Gasteiger partial charge in [-0.05, 0) is 17.4 Å². The molecule has 1 aromatic carbocycles. The predicted octanol–water partition coefficient (Wildman–Crippen LogP) is -0.752. The van der Waals surface area contributed by atoms with Crippen LogP contribution in [0.15, 0.2) is 30.3 Å². The molecule has 7 heteroatoms. The van der Waals surface area contributed by atoms with Crippen LogP contribution >= 0.6 is 0 Å². The van der Waals surface area contributed by atoms with Crippen molar-refractivity contribution in [3.8, 4) is 0 Å². The summed E-state index contributed by atoms with van der Waals surface area (Å²) < 4.78 is 0. The molecule has 0 aliphatic rings. The summed E-state index contributed by atoms with van der Waals surface area (Å²) in [6.45, 7) is 5.44. The van der Waals surface area contributed by atoms with E-state index >= 15 is 0 Å². The van der Waals surface area contributed by atoms with Gasteiger partial charge in [-0.3, -0.25) is 9.59 Å². The van der Waals surface area contributed by atoms with Crippen molar-refractivity contribution in [3.63, 3.8) is 0 Å². The molecule has 0 heterocycles. The molecule has 0 radical (unpaired) electrons. The second-order valence-corrected chi connectivity index (χ2v) is 7.28. The van der Waals surface area contributed by atoms with Gasteiger partial charge in [0, 0.05) is 0 Å². The average molecular weight is 336 g/mol. The van der Waals surface area contributed by atoms with Crippen molar-refractivity contribution in [2.75, 3.05) is 0 Å². The van der Waals surface area contributed by atoms with Crippen LogP contribution in [0.2, 0.25) is 0 Å². The molecule has 1 aromatic rings. The van der Waals surface area contributed by atoms with Crippen molar-refractivity contribution in [2.45, 2.75) is 45.0 Å². The number of Topliss-reactive ketones (excluding diaryl/α,β-unsaturated/α-hetero) is 1. The van der Waals surface area contributed by atoms with Gasteiger partial charge in [0.25, 0.3) is 5.91 Å². The molecular formula is C17H28N4O3. The molecule has 0 aliphatic heterocycles. The first-order valence-electron chi connectivity index (χ1n) is 7.78. The summed E-state index contributed by atoms with van der Waals surface area (Å²) >= 11 is 0. The summed E-state index contributed by atoms with van der Waals surface area (Å²) in [7, 11) is 0. The zero-order valence-corrected chi connectivity index (χ0v) is 14.4. The first-order valence-corrected chi connectivity index (χ1v) is 7.78. The van der Waals surface area contributed by atoms with Crippen LogP contribution < -0.4 is 22.9 Å². The lowest BCUT2D eigenvalue weighted by molar-refractivity contribution is -0.136. The zero-order valence-electron chi connectivity index (χ0n) is 14.4. The molecule has 0 saturated heterocycles. The SMILES string of the molecule is CC(C)(C)[C@H](N)C(=O)C(Cc1ccccc1)C(O)C(N)(N)C(N)=O.